The van der Waals surface area contributed by atoms with Crippen LogP contribution in [0.15, 0.2) is 42.5 Å². The Kier molecular flexibility index (Phi) is 6.95. The molecule has 2 saturated heterocycles. The highest BCUT2D eigenvalue weighted by Gasteiger charge is 2.47. The molecule has 3 aliphatic heterocycles. The number of morpholine rings is 1. The predicted molar refractivity (Wildman–Crippen MR) is 143 cm³/mol. The second-order valence-corrected chi connectivity index (χ2v) is 9.91. The molecule has 2 aromatic carbocycles. The van der Waals surface area contributed by atoms with E-state index in [2.05, 4.69) is 5.32 Å². The highest BCUT2D eigenvalue weighted by Crippen LogP contribution is 2.34. The van der Waals surface area contributed by atoms with Gasteiger partial charge in [0.25, 0.3) is 5.91 Å². The summed E-state index contributed by atoms with van der Waals surface area (Å²) in [5.74, 6) is -2.50. The summed E-state index contributed by atoms with van der Waals surface area (Å²) >= 11 is 0. The van der Waals surface area contributed by atoms with Gasteiger partial charge in [0, 0.05) is 35.4 Å². The second kappa shape index (κ2) is 9.97. The predicted octanol–water partition coefficient (Wildman–Crippen LogP) is -1.14. The molecule has 3 aliphatic rings. The first-order valence-corrected chi connectivity index (χ1v) is 12.3. The van der Waals surface area contributed by atoms with E-state index >= 15 is 0 Å². The molecule has 4 amide bonds. The molecule has 10 radical (unpaired) electrons. The van der Waals surface area contributed by atoms with Crippen LogP contribution in [0.5, 0.6) is 5.75 Å². The van der Waals surface area contributed by atoms with E-state index in [0.717, 1.165) is 10.5 Å². The van der Waals surface area contributed by atoms with Crippen molar-refractivity contribution in [1.82, 2.24) is 15.1 Å². The van der Waals surface area contributed by atoms with Crippen LogP contribution in [-0.4, -0.2) is 95.4 Å². The Morgan fingerprint density at radius 2 is 1.69 bits per heavy atom. The van der Waals surface area contributed by atoms with Crippen LogP contribution in [0.3, 0.4) is 0 Å². The van der Waals surface area contributed by atoms with Crippen LogP contribution >= 0.6 is 0 Å². The number of imide groups is 1. The summed E-state index contributed by atoms with van der Waals surface area (Å²) in [6.07, 6.45) is 0.461. The Balaban J connectivity index is 1.25. The van der Waals surface area contributed by atoms with Gasteiger partial charge >= 0.3 is 0 Å². The maximum atomic E-state index is 13.0. The van der Waals surface area contributed by atoms with Crippen molar-refractivity contribution in [1.29, 1.82) is 0 Å². The van der Waals surface area contributed by atoms with Crippen LogP contribution in [0.4, 0.5) is 0 Å². The molecule has 0 bridgehead atoms. The van der Waals surface area contributed by atoms with Gasteiger partial charge in [0.05, 0.1) is 11.9 Å². The quantitative estimate of drug-likeness (QED) is 0.388. The number of benzene rings is 2. The van der Waals surface area contributed by atoms with Crippen LogP contribution in [0.1, 0.15) is 39.9 Å². The van der Waals surface area contributed by atoms with Crippen LogP contribution in [0.25, 0.3) is 0 Å². The van der Waals surface area contributed by atoms with E-state index in [1.165, 1.54) is 4.90 Å². The first-order valence-electron chi connectivity index (χ1n) is 12.3. The van der Waals surface area contributed by atoms with E-state index in [9.17, 15) is 19.2 Å². The molecular formula is C25H20B5N3O6. The van der Waals surface area contributed by atoms with Gasteiger partial charge in [-0.3, -0.25) is 24.5 Å². The number of hydrogen-bond donors (Lipinski definition) is 1. The van der Waals surface area contributed by atoms with E-state index < -0.39 is 34.6 Å². The van der Waals surface area contributed by atoms with E-state index in [4.69, 9.17) is 48.7 Å². The highest BCUT2D eigenvalue weighted by atomic mass is 16.5. The maximum absolute atomic E-state index is 13.0. The third-order valence-corrected chi connectivity index (χ3v) is 7.05. The van der Waals surface area contributed by atoms with E-state index in [1.54, 1.807) is 30.3 Å². The van der Waals surface area contributed by atoms with Crippen molar-refractivity contribution in [3.05, 3.63) is 64.7 Å². The molecule has 0 spiro atoms. The SMILES string of the molecule is [B]C1N(Cc2ccc(COc3cccc4c3CN(C3CCC(=O)NC3=O)C4=O)cc2)C(=O)C([B])([B])OC1([B])[B]. The average molecular weight is 513 g/mol. The maximum Gasteiger partial charge on any atom is 0.255 e. The number of nitrogens with zero attached hydrogens (tertiary/aromatic N) is 2. The fourth-order valence-electron chi connectivity index (χ4n) is 4.95. The standard InChI is InChI=1S/C25H20B5N3O6/c26-22-24(27,28)39-25(29,30)23(37)33(22)10-13-4-6-14(7-5-13)12-38-18-3-1-2-15-16(18)11-32(21(15)36)17-8-9-19(34)31-20(17)35/h1-7,17,22H,8-12H2,(H,31,34,35). The Hall–Kier alpha value is -3.40. The normalized spacial score (nSPS) is 23.9. The zero-order valence-electron chi connectivity index (χ0n) is 21.0. The summed E-state index contributed by atoms with van der Waals surface area (Å²) in [5, 5.41) is -1.85. The third-order valence-electron chi connectivity index (χ3n) is 7.05. The molecule has 2 fully saturated rings. The van der Waals surface area contributed by atoms with Gasteiger partial charge < -0.3 is 19.3 Å². The number of rotatable bonds is 6. The molecule has 9 nitrogen and oxygen atoms in total. The zero-order valence-corrected chi connectivity index (χ0v) is 21.0. The van der Waals surface area contributed by atoms with Gasteiger partial charge in [-0.2, -0.15) is 0 Å². The number of carbonyl (C=O) groups is 4. The first kappa shape index (κ1) is 27.2. The summed E-state index contributed by atoms with van der Waals surface area (Å²) < 4.78 is 11.1. The van der Waals surface area contributed by atoms with Crippen molar-refractivity contribution in [2.24, 2.45) is 0 Å². The molecule has 5 rings (SSSR count). The molecule has 186 valence electrons. The second-order valence-electron chi connectivity index (χ2n) is 9.91. The van der Waals surface area contributed by atoms with E-state index in [1.807, 2.05) is 12.1 Å². The van der Waals surface area contributed by atoms with Crippen LogP contribution in [0.2, 0.25) is 0 Å². The molecule has 2 aromatic rings. The number of hydrogen-bond acceptors (Lipinski definition) is 6. The van der Waals surface area contributed by atoms with E-state index in [-0.39, 0.29) is 44.4 Å². The lowest BCUT2D eigenvalue weighted by Gasteiger charge is -2.53. The number of piperidine rings is 1. The molecule has 0 aliphatic carbocycles. The Morgan fingerprint density at radius 1 is 1.00 bits per heavy atom. The minimum atomic E-state index is -2.21. The molecular weight excluding hydrogens is 492 g/mol. The van der Waals surface area contributed by atoms with Gasteiger partial charge in [-0.05, 0) is 29.7 Å². The Bertz CT molecular complexity index is 1350. The van der Waals surface area contributed by atoms with E-state index in [0.29, 0.717) is 22.4 Å². The molecule has 0 saturated carbocycles. The molecule has 2 unspecified atom stereocenters. The van der Waals surface area contributed by atoms with Crippen molar-refractivity contribution in [3.8, 4) is 5.75 Å². The van der Waals surface area contributed by atoms with Crippen LogP contribution in [-0.2, 0) is 38.8 Å². The lowest BCUT2D eigenvalue weighted by molar-refractivity contribution is -0.160. The number of amides is 4. The largest absolute Gasteiger partial charge is 0.489 e. The summed E-state index contributed by atoms with van der Waals surface area (Å²) in [6, 6.07) is 11.6. The number of carbonyl (C=O) groups excluding carboxylic acids is 4. The zero-order chi connectivity index (χ0) is 28.1. The summed E-state index contributed by atoms with van der Waals surface area (Å²) in [5.41, 5.74) is 2.68. The topological polar surface area (TPSA) is 105 Å². The minimum Gasteiger partial charge on any atom is -0.489 e. The summed E-state index contributed by atoms with van der Waals surface area (Å²) in [6.45, 7) is 0.445. The van der Waals surface area contributed by atoms with Gasteiger partial charge in [0.1, 0.15) is 57.6 Å². The van der Waals surface area contributed by atoms with Crippen LogP contribution in [0, 0.1) is 0 Å². The van der Waals surface area contributed by atoms with Gasteiger partial charge in [-0.15, -0.1) is 0 Å². The summed E-state index contributed by atoms with van der Waals surface area (Å²) in [4.78, 5) is 52.1. The first-order chi connectivity index (χ1) is 18.4. The fraction of sp³-hybridized carbons (Fsp3) is 0.360. The van der Waals surface area contributed by atoms with Crippen molar-refractivity contribution >= 4 is 62.9 Å². The number of fused-ring (bicyclic) bond motifs is 1. The smallest absolute Gasteiger partial charge is 0.255 e. The third kappa shape index (κ3) is 5.14. The van der Waals surface area contributed by atoms with Crippen LogP contribution < -0.4 is 10.1 Å². The molecule has 39 heavy (non-hydrogen) atoms. The van der Waals surface area contributed by atoms with Crippen molar-refractivity contribution < 1.29 is 28.7 Å². The molecule has 14 heteroatoms. The lowest BCUT2D eigenvalue weighted by atomic mass is 9.50. The van der Waals surface area contributed by atoms with Gasteiger partial charge in [-0.1, -0.05) is 30.3 Å². The van der Waals surface area contributed by atoms with Crippen molar-refractivity contribution in [2.75, 3.05) is 0 Å². The summed E-state index contributed by atoms with van der Waals surface area (Å²) in [7, 11) is 29.1. The van der Waals surface area contributed by atoms with Crippen molar-refractivity contribution in [3.63, 3.8) is 0 Å². The van der Waals surface area contributed by atoms with Crippen molar-refractivity contribution in [2.45, 2.75) is 55.3 Å². The molecule has 0 aromatic heterocycles. The van der Waals surface area contributed by atoms with Gasteiger partial charge in [-0.25, -0.2) is 0 Å². The Morgan fingerprint density at radius 3 is 2.38 bits per heavy atom. The van der Waals surface area contributed by atoms with Gasteiger partial charge in [0.15, 0.2) is 0 Å². The molecule has 3 heterocycles. The lowest BCUT2D eigenvalue weighted by Crippen LogP contribution is -2.71. The molecule has 1 N–H and O–H groups in total. The fourth-order valence-corrected chi connectivity index (χ4v) is 4.95. The highest BCUT2D eigenvalue weighted by molar-refractivity contribution is 6.52. The molecule has 2 atom stereocenters. The van der Waals surface area contributed by atoms with Gasteiger partial charge in [0.2, 0.25) is 17.7 Å². The average Bonchev–Trinajstić information content (AvgIpc) is 3.21. The number of nitrogens with one attached hydrogen (secondary N) is 1. The minimum absolute atomic E-state index is 0.0429. The monoisotopic (exact) mass is 513 g/mol. The number of ether oxygens (including phenoxy) is 2. The Labute approximate surface area is 232 Å².